The summed E-state index contributed by atoms with van der Waals surface area (Å²) in [5.41, 5.74) is 0. The first-order chi connectivity index (χ1) is 6.58. The summed E-state index contributed by atoms with van der Waals surface area (Å²) < 4.78 is 23.6. The summed E-state index contributed by atoms with van der Waals surface area (Å²) in [6.07, 6.45) is 2.37. The monoisotopic (exact) mass is 203 g/mol. The van der Waals surface area contributed by atoms with E-state index < -0.39 is 6.16 Å². The Morgan fingerprint density at radius 2 is 2.21 bits per heavy atom. The largest absolute Gasteiger partial charge is 0.482 e. The molecule has 0 radical (unpaired) electrons. The molecule has 1 aliphatic heterocycles. The zero-order valence-electron chi connectivity index (χ0n) is 9.05. The van der Waals surface area contributed by atoms with Crippen LogP contribution in [0.15, 0.2) is 12.0 Å². The Hall–Kier alpha value is -0.770. The van der Waals surface area contributed by atoms with Gasteiger partial charge in [0.05, 0.1) is 0 Å². The molecule has 3 nitrogen and oxygen atoms in total. The number of ether oxygens (including phenoxy) is 2. The van der Waals surface area contributed by atoms with Gasteiger partial charge in [0.1, 0.15) is 12.0 Å². The maximum Gasteiger partial charge on any atom is 0.482 e. The van der Waals surface area contributed by atoms with Crippen LogP contribution in [0, 0.1) is 0 Å². The number of unbranched alkanes of at least 4 members (excludes halogenated alkanes) is 2. The predicted octanol–water partition coefficient (Wildman–Crippen LogP) is 2.60. The average Bonchev–Trinajstić information content (AvgIpc) is 2.48. The van der Waals surface area contributed by atoms with Gasteiger partial charge in [-0.15, -0.1) is 4.39 Å². The SMILES string of the molecule is CCCCCN(C)C1(F)OC=C(C)O1. The molecular weight excluding hydrogens is 185 g/mol. The van der Waals surface area contributed by atoms with E-state index in [1.165, 1.54) is 11.2 Å². The molecular formula is C10H18FNO2. The van der Waals surface area contributed by atoms with Gasteiger partial charge in [0.2, 0.25) is 0 Å². The molecule has 0 aromatic rings. The zero-order chi connectivity index (χ0) is 10.6. The number of rotatable bonds is 5. The predicted molar refractivity (Wildman–Crippen MR) is 51.9 cm³/mol. The third-order valence-electron chi connectivity index (χ3n) is 2.21. The highest BCUT2D eigenvalue weighted by atomic mass is 19.2. The lowest BCUT2D eigenvalue weighted by Gasteiger charge is -2.28. The van der Waals surface area contributed by atoms with E-state index in [2.05, 4.69) is 6.92 Å². The van der Waals surface area contributed by atoms with Crippen LogP contribution in [0.5, 0.6) is 0 Å². The van der Waals surface area contributed by atoms with E-state index in [4.69, 9.17) is 9.47 Å². The molecule has 0 aromatic carbocycles. The van der Waals surface area contributed by atoms with E-state index in [1.807, 2.05) is 0 Å². The molecule has 1 unspecified atom stereocenters. The number of alkyl halides is 1. The van der Waals surface area contributed by atoms with Gasteiger partial charge in [0.15, 0.2) is 0 Å². The summed E-state index contributed by atoms with van der Waals surface area (Å²) in [5, 5.41) is 0. The van der Waals surface area contributed by atoms with E-state index in [9.17, 15) is 4.39 Å². The number of hydrogen-bond acceptors (Lipinski definition) is 3. The van der Waals surface area contributed by atoms with Crippen molar-refractivity contribution in [2.75, 3.05) is 13.6 Å². The molecule has 0 aliphatic carbocycles. The lowest BCUT2D eigenvalue weighted by molar-refractivity contribution is -0.329. The zero-order valence-corrected chi connectivity index (χ0v) is 9.05. The van der Waals surface area contributed by atoms with Crippen molar-refractivity contribution in [1.29, 1.82) is 0 Å². The van der Waals surface area contributed by atoms with Gasteiger partial charge in [-0.1, -0.05) is 19.8 Å². The quantitative estimate of drug-likeness (QED) is 0.506. The van der Waals surface area contributed by atoms with Gasteiger partial charge in [-0.05, 0) is 20.4 Å². The molecule has 1 heterocycles. The smallest absolute Gasteiger partial charge is 0.418 e. The second kappa shape index (κ2) is 4.64. The van der Waals surface area contributed by atoms with Crippen molar-refractivity contribution in [2.24, 2.45) is 0 Å². The third-order valence-corrected chi connectivity index (χ3v) is 2.21. The molecule has 1 aliphatic rings. The standard InChI is InChI=1S/C10H18FNO2/c1-4-5-6-7-12(3)10(11)13-8-9(2)14-10/h8H,4-7H2,1-3H3. The minimum atomic E-state index is -2.09. The summed E-state index contributed by atoms with van der Waals surface area (Å²) in [6.45, 7) is 4.41. The Morgan fingerprint density at radius 3 is 2.71 bits per heavy atom. The highest BCUT2D eigenvalue weighted by Gasteiger charge is 2.43. The van der Waals surface area contributed by atoms with E-state index in [0.29, 0.717) is 12.3 Å². The maximum absolute atomic E-state index is 13.8. The van der Waals surface area contributed by atoms with Crippen LogP contribution in [0.1, 0.15) is 33.1 Å². The van der Waals surface area contributed by atoms with Crippen LogP contribution in [-0.4, -0.2) is 24.7 Å². The van der Waals surface area contributed by atoms with Crippen molar-refractivity contribution >= 4 is 0 Å². The molecule has 0 saturated heterocycles. The minimum Gasteiger partial charge on any atom is -0.418 e. The molecule has 0 N–H and O–H groups in total. The van der Waals surface area contributed by atoms with Gasteiger partial charge in [-0.25, -0.2) is 4.90 Å². The van der Waals surface area contributed by atoms with Crippen molar-refractivity contribution in [1.82, 2.24) is 4.90 Å². The van der Waals surface area contributed by atoms with E-state index in [1.54, 1.807) is 14.0 Å². The maximum atomic E-state index is 13.8. The lowest BCUT2D eigenvalue weighted by atomic mass is 10.2. The van der Waals surface area contributed by atoms with Crippen LogP contribution >= 0.6 is 0 Å². The Morgan fingerprint density at radius 1 is 1.50 bits per heavy atom. The van der Waals surface area contributed by atoms with Gasteiger partial charge in [0, 0.05) is 6.54 Å². The summed E-state index contributed by atoms with van der Waals surface area (Å²) >= 11 is 0. The first-order valence-electron chi connectivity index (χ1n) is 5.02. The Balaban J connectivity index is 2.33. The number of halogens is 1. The summed E-state index contributed by atoms with van der Waals surface area (Å²) in [6, 6.07) is 0. The Labute approximate surface area is 84.5 Å². The molecule has 82 valence electrons. The summed E-state index contributed by atoms with van der Waals surface area (Å²) in [5.74, 6) is 0.467. The van der Waals surface area contributed by atoms with Crippen molar-refractivity contribution < 1.29 is 13.9 Å². The summed E-state index contributed by atoms with van der Waals surface area (Å²) in [4.78, 5) is 1.44. The molecule has 0 aromatic heterocycles. The van der Waals surface area contributed by atoms with Gasteiger partial charge in [-0.3, -0.25) is 0 Å². The van der Waals surface area contributed by atoms with Gasteiger partial charge in [-0.2, -0.15) is 0 Å². The molecule has 1 atom stereocenters. The second-order valence-electron chi connectivity index (χ2n) is 3.58. The van der Waals surface area contributed by atoms with E-state index >= 15 is 0 Å². The Bertz CT molecular complexity index is 220. The number of allylic oxidation sites excluding steroid dienone is 1. The highest BCUT2D eigenvalue weighted by molar-refractivity contribution is 4.89. The normalized spacial score (nSPS) is 25.9. The molecule has 0 saturated carbocycles. The van der Waals surface area contributed by atoms with Crippen LogP contribution in [0.2, 0.25) is 0 Å². The molecule has 0 fully saturated rings. The fourth-order valence-corrected chi connectivity index (χ4v) is 1.30. The first kappa shape index (κ1) is 11.3. The fraction of sp³-hybridized carbons (Fsp3) is 0.800. The molecule has 0 amide bonds. The van der Waals surface area contributed by atoms with Crippen LogP contribution in [0.3, 0.4) is 0 Å². The molecule has 0 bridgehead atoms. The van der Waals surface area contributed by atoms with Gasteiger partial charge < -0.3 is 9.47 Å². The average molecular weight is 203 g/mol. The van der Waals surface area contributed by atoms with Crippen LogP contribution < -0.4 is 0 Å². The molecule has 0 spiro atoms. The van der Waals surface area contributed by atoms with E-state index in [0.717, 1.165) is 19.3 Å². The second-order valence-corrected chi connectivity index (χ2v) is 3.58. The van der Waals surface area contributed by atoms with Crippen LogP contribution in [-0.2, 0) is 9.47 Å². The van der Waals surface area contributed by atoms with Crippen molar-refractivity contribution in [3.8, 4) is 0 Å². The van der Waals surface area contributed by atoms with Crippen molar-refractivity contribution in [2.45, 2.75) is 39.3 Å². The fourth-order valence-electron chi connectivity index (χ4n) is 1.30. The lowest BCUT2D eigenvalue weighted by Crippen LogP contribution is -2.44. The van der Waals surface area contributed by atoms with E-state index in [-0.39, 0.29) is 0 Å². The molecule has 14 heavy (non-hydrogen) atoms. The Kier molecular flexibility index (Phi) is 3.75. The number of nitrogens with zero attached hydrogens (tertiary/aromatic N) is 1. The number of hydrogen-bond donors (Lipinski definition) is 0. The first-order valence-corrected chi connectivity index (χ1v) is 5.02. The summed E-state index contributed by atoms with van der Waals surface area (Å²) in [7, 11) is 1.65. The minimum absolute atomic E-state index is 0.467. The van der Waals surface area contributed by atoms with Crippen molar-refractivity contribution in [3.63, 3.8) is 0 Å². The molecule has 1 rings (SSSR count). The highest BCUT2D eigenvalue weighted by Crippen LogP contribution is 2.29. The van der Waals surface area contributed by atoms with Crippen LogP contribution in [0.4, 0.5) is 4.39 Å². The van der Waals surface area contributed by atoms with Crippen molar-refractivity contribution in [3.05, 3.63) is 12.0 Å². The van der Waals surface area contributed by atoms with Gasteiger partial charge >= 0.3 is 6.16 Å². The van der Waals surface area contributed by atoms with Gasteiger partial charge in [0.25, 0.3) is 0 Å². The van der Waals surface area contributed by atoms with Crippen LogP contribution in [0.25, 0.3) is 0 Å². The topological polar surface area (TPSA) is 21.7 Å². The third kappa shape index (κ3) is 2.61. The molecule has 4 heteroatoms.